The largest absolute Gasteiger partial charge is 0.481 e. The van der Waals surface area contributed by atoms with Crippen molar-refractivity contribution >= 4 is 5.91 Å². The van der Waals surface area contributed by atoms with Crippen LogP contribution in [0.5, 0.6) is 5.88 Å². The highest BCUT2D eigenvalue weighted by atomic mass is 16.5. The van der Waals surface area contributed by atoms with Crippen molar-refractivity contribution in [1.82, 2.24) is 10.3 Å². The Morgan fingerprint density at radius 2 is 2.25 bits per heavy atom. The summed E-state index contributed by atoms with van der Waals surface area (Å²) in [5.74, 6) is 1.36. The molecule has 112 valence electrons. The summed E-state index contributed by atoms with van der Waals surface area (Å²) in [7, 11) is 1.57. The maximum Gasteiger partial charge on any atom is 0.220 e. The van der Waals surface area contributed by atoms with Crippen LogP contribution in [-0.2, 0) is 11.3 Å². The van der Waals surface area contributed by atoms with Gasteiger partial charge < -0.3 is 15.8 Å². The zero-order valence-electron chi connectivity index (χ0n) is 12.6. The molecule has 0 spiro atoms. The van der Waals surface area contributed by atoms with Crippen LogP contribution in [0.1, 0.15) is 32.3 Å². The van der Waals surface area contributed by atoms with Crippen LogP contribution >= 0.6 is 0 Å². The van der Waals surface area contributed by atoms with Gasteiger partial charge in [-0.05, 0) is 30.9 Å². The Balaban J connectivity index is 2.46. The summed E-state index contributed by atoms with van der Waals surface area (Å²) in [6, 6.07) is 3.71. The molecule has 1 atom stereocenters. The van der Waals surface area contributed by atoms with Crippen LogP contribution in [0.3, 0.4) is 0 Å². The Hall–Kier alpha value is -1.62. The first kappa shape index (κ1) is 16.4. The summed E-state index contributed by atoms with van der Waals surface area (Å²) in [6.45, 7) is 5.25. The van der Waals surface area contributed by atoms with E-state index in [1.165, 1.54) is 0 Å². The minimum absolute atomic E-state index is 0.0204. The van der Waals surface area contributed by atoms with Gasteiger partial charge in [-0.1, -0.05) is 19.9 Å². The zero-order chi connectivity index (χ0) is 15.0. The number of hydrogen-bond acceptors (Lipinski definition) is 4. The number of methoxy groups -OCH3 is 1. The fraction of sp³-hybridized carbons (Fsp3) is 0.600. The van der Waals surface area contributed by atoms with E-state index >= 15 is 0 Å². The van der Waals surface area contributed by atoms with Crippen LogP contribution in [0.4, 0.5) is 0 Å². The maximum atomic E-state index is 11.9. The van der Waals surface area contributed by atoms with Gasteiger partial charge in [-0.2, -0.15) is 0 Å². The average Bonchev–Trinajstić information content (AvgIpc) is 2.44. The number of ether oxygens (including phenoxy) is 1. The number of nitrogens with two attached hydrogens (primary N) is 1. The summed E-state index contributed by atoms with van der Waals surface area (Å²) in [5.41, 5.74) is 6.58. The minimum Gasteiger partial charge on any atom is -0.481 e. The van der Waals surface area contributed by atoms with E-state index in [1.807, 2.05) is 12.1 Å². The van der Waals surface area contributed by atoms with Crippen molar-refractivity contribution in [2.24, 2.45) is 17.6 Å². The van der Waals surface area contributed by atoms with Crippen molar-refractivity contribution in [2.75, 3.05) is 13.7 Å². The Bertz CT molecular complexity index is 421. The lowest BCUT2D eigenvalue weighted by Crippen LogP contribution is -2.28. The van der Waals surface area contributed by atoms with E-state index in [4.69, 9.17) is 10.5 Å². The third kappa shape index (κ3) is 5.57. The first-order valence-corrected chi connectivity index (χ1v) is 7.01. The van der Waals surface area contributed by atoms with Crippen LogP contribution in [0.25, 0.3) is 0 Å². The van der Waals surface area contributed by atoms with Crippen molar-refractivity contribution in [3.8, 4) is 5.88 Å². The highest BCUT2D eigenvalue weighted by Crippen LogP contribution is 2.15. The molecule has 20 heavy (non-hydrogen) atoms. The second kappa shape index (κ2) is 8.53. The molecule has 1 aromatic heterocycles. The molecular weight excluding hydrogens is 254 g/mol. The summed E-state index contributed by atoms with van der Waals surface area (Å²) < 4.78 is 5.15. The number of nitrogens with zero attached hydrogens (tertiary/aromatic N) is 1. The molecule has 0 aliphatic carbocycles. The normalized spacial score (nSPS) is 12.2. The van der Waals surface area contributed by atoms with Gasteiger partial charge in [0.2, 0.25) is 11.8 Å². The lowest BCUT2D eigenvalue weighted by Gasteiger charge is -2.16. The summed E-state index contributed by atoms with van der Waals surface area (Å²) in [6.07, 6.45) is 3.11. The van der Waals surface area contributed by atoms with E-state index in [2.05, 4.69) is 24.1 Å². The van der Waals surface area contributed by atoms with Gasteiger partial charge >= 0.3 is 0 Å². The van der Waals surface area contributed by atoms with Gasteiger partial charge in [0.25, 0.3) is 0 Å². The van der Waals surface area contributed by atoms with Gasteiger partial charge in [0.1, 0.15) is 0 Å². The van der Waals surface area contributed by atoms with Crippen LogP contribution in [-0.4, -0.2) is 24.5 Å². The van der Waals surface area contributed by atoms with E-state index in [1.54, 1.807) is 13.3 Å². The predicted octanol–water partition coefficient (Wildman–Crippen LogP) is 1.72. The lowest BCUT2D eigenvalue weighted by atomic mass is 9.94. The molecule has 0 bridgehead atoms. The van der Waals surface area contributed by atoms with E-state index in [0.29, 0.717) is 31.3 Å². The molecule has 1 rings (SSSR count). The van der Waals surface area contributed by atoms with Crippen LogP contribution in [0.15, 0.2) is 18.3 Å². The summed E-state index contributed by atoms with van der Waals surface area (Å²) in [5, 5.41) is 2.90. The fourth-order valence-corrected chi connectivity index (χ4v) is 2.20. The lowest BCUT2D eigenvalue weighted by molar-refractivity contribution is -0.122. The van der Waals surface area contributed by atoms with Gasteiger partial charge in [0.15, 0.2) is 0 Å². The average molecular weight is 279 g/mol. The highest BCUT2D eigenvalue weighted by molar-refractivity contribution is 5.76. The van der Waals surface area contributed by atoms with Gasteiger partial charge in [0.05, 0.1) is 7.11 Å². The van der Waals surface area contributed by atoms with Crippen LogP contribution in [0, 0.1) is 11.8 Å². The van der Waals surface area contributed by atoms with Crippen LogP contribution in [0.2, 0.25) is 0 Å². The SMILES string of the molecule is COc1ncccc1CNC(=O)CC(CN)CC(C)C. The maximum absolute atomic E-state index is 11.9. The molecule has 3 N–H and O–H groups in total. The zero-order valence-corrected chi connectivity index (χ0v) is 12.6. The minimum atomic E-state index is 0.0204. The number of rotatable bonds is 8. The molecule has 0 radical (unpaired) electrons. The van der Waals surface area contributed by atoms with Gasteiger partial charge in [-0.3, -0.25) is 4.79 Å². The molecule has 5 heteroatoms. The third-order valence-electron chi connectivity index (χ3n) is 3.13. The molecular formula is C15H25N3O2. The molecule has 1 unspecified atom stereocenters. The van der Waals surface area contributed by atoms with E-state index < -0.39 is 0 Å². The summed E-state index contributed by atoms with van der Waals surface area (Å²) >= 11 is 0. The quantitative estimate of drug-likeness (QED) is 0.759. The third-order valence-corrected chi connectivity index (χ3v) is 3.13. The molecule has 0 fully saturated rings. The number of carbonyl (C=O) groups is 1. The number of hydrogen-bond donors (Lipinski definition) is 2. The Morgan fingerprint density at radius 1 is 1.50 bits per heavy atom. The second-order valence-electron chi connectivity index (χ2n) is 5.38. The number of carbonyl (C=O) groups excluding carboxylic acids is 1. The predicted molar refractivity (Wildman–Crippen MR) is 79.3 cm³/mol. The van der Waals surface area contributed by atoms with Gasteiger partial charge in [0, 0.05) is 24.7 Å². The summed E-state index contributed by atoms with van der Waals surface area (Å²) in [4.78, 5) is 16.0. The molecule has 0 aliphatic rings. The number of nitrogens with one attached hydrogen (secondary N) is 1. The van der Waals surface area contributed by atoms with Crippen molar-refractivity contribution in [1.29, 1.82) is 0 Å². The molecule has 0 saturated carbocycles. The molecule has 0 saturated heterocycles. The van der Waals surface area contributed by atoms with E-state index in [9.17, 15) is 4.79 Å². The van der Waals surface area contributed by atoms with Gasteiger partial charge in [-0.15, -0.1) is 0 Å². The Kier molecular flexibility index (Phi) is 7.01. The molecule has 1 aromatic rings. The van der Waals surface area contributed by atoms with Crippen molar-refractivity contribution in [3.05, 3.63) is 23.9 Å². The fourth-order valence-electron chi connectivity index (χ4n) is 2.20. The molecule has 0 aliphatic heterocycles. The molecule has 5 nitrogen and oxygen atoms in total. The highest BCUT2D eigenvalue weighted by Gasteiger charge is 2.14. The molecule has 1 heterocycles. The van der Waals surface area contributed by atoms with E-state index in [-0.39, 0.29) is 11.8 Å². The first-order valence-electron chi connectivity index (χ1n) is 7.01. The standard InChI is InChI=1S/C15H25N3O2/c1-11(2)7-12(9-16)8-14(19)18-10-13-5-4-6-17-15(13)20-3/h4-6,11-12H,7-10,16H2,1-3H3,(H,18,19). The second-order valence-corrected chi connectivity index (χ2v) is 5.38. The number of aromatic nitrogens is 1. The van der Waals surface area contributed by atoms with Gasteiger partial charge in [-0.25, -0.2) is 4.98 Å². The number of amides is 1. The topological polar surface area (TPSA) is 77.2 Å². The molecule has 0 aromatic carbocycles. The monoisotopic (exact) mass is 279 g/mol. The Morgan fingerprint density at radius 3 is 2.85 bits per heavy atom. The van der Waals surface area contributed by atoms with Crippen molar-refractivity contribution in [2.45, 2.75) is 33.2 Å². The van der Waals surface area contributed by atoms with Crippen molar-refractivity contribution in [3.63, 3.8) is 0 Å². The van der Waals surface area contributed by atoms with Crippen molar-refractivity contribution < 1.29 is 9.53 Å². The Labute approximate surface area is 120 Å². The molecule has 1 amide bonds. The number of pyridine rings is 1. The smallest absolute Gasteiger partial charge is 0.220 e. The van der Waals surface area contributed by atoms with E-state index in [0.717, 1.165) is 12.0 Å². The van der Waals surface area contributed by atoms with Crippen LogP contribution < -0.4 is 15.8 Å². The first-order chi connectivity index (χ1) is 9.56.